The van der Waals surface area contributed by atoms with Gasteiger partial charge in [0, 0.05) is 12.6 Å². The molecule has 0 saturated carbocycles. The highest BCUT2D eigenvalue weighted by Gasteiger charge is 2.37. The highest BCUT2D eigenvalue weighted by atomic mass is 32.2. The second-order valence-electron chi connectivity index (χ2n) is 5.97. The van der Waals surface area contributed by atoms with Crippen LogP contribution in [0.5, 0.6) is 0 Å². The number of fused-ring (bicyclic) bond motifs is 1. The van der Waals surface area contributed by atoms with Crippen LogP contribution in [0.1, 0.15) is 35.7 Å². The van der Waals surface area contributed by atoms with Crippen LogP contribution in [0, 0.1) is 0 Å². The number of rotatable bonds is 5. The lowest BCUT2D eigenvalue weighted by molar-refractivity contribution is 0.326. The van der Waals surface area contributed by atoms with Crippen molar-refractivity contribution in [1.82, 2.24) is 24.5 Å². The van der Waals surface area contributed by atoms with Crippen LogP contribution >= 0.6 is 0 Å². The molecule has 0 fully saturated rings. The number of aromatic nitrogens is 4. The Morgan fingerprint density at radius 3 is 2.65 bits per heavy atom. The van der Waals surface area contributed by atoms with E-state index in [4.69, 9.17) is 0 Å². The van der Waals surface area contributed by atoms with Crippen molar-refractivity contribution >= 4 is 10.0 Å². The van der Waals surface area contributed by atoms with E-state index in [2.05, 4.69) is 19.8 Å². The van der Waals surface area contributed by atoms with Crippen molar-refractivity contribution in [2.45, 2.75) is 30.3 Å². The average molecular weight is 373 g/mol. The quantitative estimate of drug-likeness (QED) is 0.740. The molecular weight excluding hydrogens is 357 g/mol. The Kier molecular flexibility index (Phi) is 4.25. The van der Waals surface area contributed by atoms with Gasteiger partial charge in [-0.2, -0.15) is 4.98 Å². The highest BCUT2D eigenvalue weighted by molar-refractivity contribution is 7.89. The van der Waals surface area contributed by atoms with Crippen LogP contribution in [-0.4, -0.2) is 28.2 Å². The molecule has 0 unspecified atom stereocenters. The maximum Gasteiger partial charge on any atom is 0.282 e. The van der Waals surface area contributed by atoms with E-state index < -0.39 is 21.4 Å². The summed E-state index contributed by atoms with van der Waals surface area (Å²) in [6.45, 7) is 0.00815. The summed E-state index contributed by atoms with van der Waals surface area (Å²) in [5.41, 5.74) is 1.43. The smallest absolute Gasteiger partial charge is 0.260 e. The summed E-state index contributed by atoms with van der Waals surface area (Å²) in [4.78, 5) is 7.99. The zero-order valence-electron chi connectivity index (χ0n) is 13.7. The van der Waals surface area contributed by atoms with E-state index in [-0.39, 0.29) is 24.8 Å². The van der Waals surface area contributed by atoms with Crippen molar-refractivity contribution in [1.29, 1.82) is 0 Å². The molecule has 7 nitrogen and oxygen atoms in total. The molecule has 0 spiro atoms. The minimum absolute atomic E-state index is 0.00815. The van der Waals surface area contributed by atoms with Gasteiger partial charge in [0.1, 0.15) is 0 Å². The third kappa shape index (κ3) is 3.11. The van der Waals surface area contributed by atoms with Crippen molar-refractivity contribution in [3.8, 4) is 0 Å². The number of hydrogen-bond acceptors (Lipinski definition) is 5. The molecular formula is C17H16FN5O2S. The molecule has 2 aromatic heterocycles. The van der Waals surface area contributed by atoms with Gasteiger partial charge in [-0.1, -0.05) is 36.4 Å². The fraction of sp³-hybridized carbons (Fsp3) is 0.235. The van der Waals surface area contributed by atoms with Crippen LogP contribution in [0.2, 0.25) is 0 Å². The number of halogens is 1. The van der Waals surface area contributed by atoms with Gasteiger partial charge in [-0.3, -0.25) is 4.98 Å². The molecule has 4 rings (SSSR count). The first kappa shape index (κ1) is 16.8. The minimum Gasteiger partial charge on any atom is -0.260 e. The molecule has 1 aromatic carbocycles. The Bertz CT molecular complexity index is 1010. The number of nitrogens with one attached hydrogen (secondary N) is 1. The topological polar surface area (TPSA) is 89.8 Å². The van der Waals surface area contributed by atoms with Gasteiger partial charge in [0.25, 0.3) is 15.2 Å². The summed E-state index contributed by atoms with van der Waals surface area (Å²) in [5, 5.41) is 3.65. The summed E-state index contributed by atoms with van der Waals surface area (Å²) in [6.07, 6.45) is 0.416. The van der Waals surface area contributed by atoms with Gasteiger partial charge in [-0.05, 0) is 17.7 Å². The van der Waals surface area contributed by atoms with Gasteiger partial charge in [-0.25, -0.2) is 22.2 Å². The molecule has 26 heavy (non-hydrogen) atoms. The van der Waals surface area contributed by atoms with E-state index in [9.17, 15) is 12.8 Å². The molecule has 9 heteroatoms. The summed E-state index contributed by atoms with van der Waals surface area (Å²) in [6, 6.07) is 14.1. The lowest BCUT2D eigenvalue weighted by Gasteiger charge is -2.11. The largest absolute Gasteiger partial charge is 0.282 e. The fourth-order valence-electron chi connectivity index (χ4n) is 2.96. The number of hydrogen-bond donors (Lipinski definition) is 1. The average Bonchev–Trinajstić information content (AvgIpc) is 3.23. The lowest BCUT2D eigenvalue weighted by atomic mass is 10.0. The third-order valence-electron chi connectivity index (χ3n) is 4.24. The van der Waals surface area contributed by atoms with Gasteiger partial charge < -0.3 is 0 Å². The van der Waals surface area contributed by atoms with Gasteiger partial charge >= 0.3 is 0 Å². The zero-order valence-corrected chi connectivity index (χ0v) is 14.5. The predicted octanol–water partition coefficient (Wildman–Crippen LogP) is 2.16. The van der Waals surface area contributed by atoms with Gasteiger partial charge in [0.2, 0.25) is 0 Å². The number of benzene rings is 1. The van der Waals surface area contributed by atoms with Crippen LogP contribution in [0.15, 0.2) is 59.9 Å². The maximum absolute atomic E-state index is 14.4. The number of nitrogens with zero attached hydrogens (tertiary/aromatic N) is 4. The molecule has 1 N–H and O–H groups in total. The van der Waals surface area contributed by atoms with Gasteiger partial charge in [-0.15, -0.1) is 5.10 Å². The van der Waals surface area contributed by atoms with Crippen molar-refractivity contribution in [3.05, 3.63) is 71.8 Å². The number of pyridine rings is 1. The molecule has 0 radical (unpaired) electrons. The molecule has 3 heterocycles. The zero-order chi connectivity index (χ0) is 18.1. The van der Waals surface area contributed by atoms with Crippen LogP contribution in [-0.2, 0) is 16.6 Å². The van der Waals surface area contributed by atoms with E-state index in [0.29, 0.717) is 5.69 Å². The summed E-state index contributed by atoms with van der Waals surface area (Å²) in [5.74, 6) is 0.0389. The molecule has 0 bridgehead atoms. The molecule has 2 atom stereocenters. The fourth-order valence-corrected chi connectivity index (χ4v) is 3.84. The monoisotopic (exact) mass is 373 g/mol. The van der Waals surface area contributed by atoms with Gasteiger partial charge in [0.05, 0.1) is 18.3 Å². The second kappa shape index (κ2) is 6.58. The standard InChI is InChI=1S/C17H16FN5O2S/c18-14-10-15(12-6-2-1-3-7-12)23-16(14)21-17(22-23)26(24,25)20-11-13-8-4-5-9-19-13/h1-9,14-15,20H,10-11H2/t14-,15-/m0/s1. The van der Waals surface area contributed by atoms with E-state index in [1.165, 1.54) is 4.68 Å². The SMILES string of the molecule is O=S(=O)(NCc1ccccn1)c1nc2n(n1)[C@H](c1ccccc1)C[C@@H]2F. The molecule has 0 aliphatic carbocycles. The van der Waals surface area contributed by atoms with Crippen LogP contribution < -0.4 is 4.72 Å². The Morgan fingerprint density at radius 1 is 1.15 bits per heavy atom. The van der Waals surface area contributed by atoms with Crippen molar-refractivity contribution < 1.29 is 12.8 Å². The lowest BCUT2D eigenvalue weighted by Crippen LogP contribution is -2.25. The third-order valence-corrected chi connectivity index (χ3v) is 5.42. The normalized spacial score (nSPS) is 19.4. The van der Waals surface area contributed by atoms with Gasteiger partial charge in [0.15, 0.2) is 12.0 Å². The predicted molar refractivity (Wildman–Crippen MR) is 91.3 cm³/mol. The molecule has 134 valence electrons. The molecule has 0 amide bonds. The first-order valence-corrected chi connectivity index (χ1v) is 9.58. The van der Waals surface area contributed by atoms with Crippen LogP contribution in [0.4, 0.5) is 4.39 Å². The minimum atomic E-state index is -3.97. The summed E-state index contributed by atoms with van der Waals surface area (Å²) in [7, 11) is -3.97. The number of sulfonamides is 1. The van der Waals surface area contributed by atoms with E-state index in [0.717, 1.165) is 5.56 Å². The first-order chi connectivity index (χ1) is 12.5. The van der Waals surface area contributed by atoms with Crippen LogP contribution in [0.25, 0.3) is 0 Å². The molecule has 1 aliphatic heterocycles. The molecule has 3 aromatic rings. The Balaban J connectivity index is 1.60. The van der Waals surface area contributed by atoms with Crippen molar-refractivity contribution in [3.63, 3.8) is 0 Å². The van der Waals surface area contributed by atoms with E-state index >= 15 is 0 Å². The van der Waals surface area contributed by atoms with E-state index in [1.54, 1.807) is 24.4 Å². The van der Waals surface area contributed by atoms with Crippen molar-refractivity contribution in [2.24, 2.45) is 0 Å². The molecule has 0 saturated heterocycles. The second-order valence-corrected chi connectivity index (χ2v) is 7.63. The molecule has 1 aliphatic rings. The summed E-state index contributed by atoms with van der Waals surface area (Å²) < 4.78 is 43.0. The highest BCUT2D eigenvalue weighted by Crippen LogP contribution is 2.39. The number of alkyl halides is 1. The Morgan fingerprint density at radius 2 is 1.92 bits per heavy atom. The van der Waals surface area contributed by atoms with E-state index in [1.807, 2.05) is 30.3 Å². The Hall–Kier alpha value is -2.65. The maximum atomic E-state index is 14.4. The summed E-state index contributed by atoms with van der Waals surface area (Å²) >= 11 is 0. The Labute approximate surface area is 150 Å². The first-order valence-electron chi connectivity index (χ1n) is 8.09. The van der Waals surface area contributed by atoms with Crippen molar-refractivity contribution in [2.75, 3.05) is 0 Å². The van der Waals surface area contributed by atoms with Crippen LogP contribution in [0.3, 0.4) is 0 Å².